The van der Waals surface area contributed by atoms with E-state index in [1.807, 2.05) is 0 Å². The highest BCUT2D eigenvalue weighted by atomic mass is 35.7. The molecule has 21 heavy (non-hydrogen) atoms. The van der Waals surface area contributed by atoms with E-state index in [0.29, 0.717) is 19.0 Å². The monoisotopic (exact) mass is 369 g/mol. The standard InChI is InChI=1S/C13H14Cl3NO3S/c1-2-8-3-4-17(7-8)13(18)10-5-9(14)6-11(12(10)15)21(16,19)20/h5-6,8H,2-4,7H2,1H3. The second kappa shape index (κ2) is 6.32. The molecule has 1 aromatic rings. The largest absolute Gasteiger partial charge is 0.338 e. The van der Waals surface area contributed by atoms with Crippen molar-refractivity contribution >= 4 is 48.8 Å². The fourth-order valence-corrected chi connectivity index (χ4v) is 4.27. The third-order valence-electron chi connectivity index (χ3n) is 3.65. The van der Waals surface area contributed by atoms with Crippen molar-refractivity contribution in [3.63, 3.8) is 0 Å². The normalized spacial score (nSPS) is 19.0. The van der Waals surface area contributed by atoms with Crippen LogP contribution in [0.2, 0.25) is 10.0 Å². The van der Waals surface area contributed by atoms with Gasteiger partial charge in [-0.3, -0.25) is 4.79 Å². The maximum Gasteiger partial charge on any atom is 0.262 e. The van der Waals surface area contributed by atoms with Crippen LogP contribution in [0.4, 0.5) is 0 Å². The molecule has 0 spiro atoms. The Morgan fingerprint density at radius 1 is 1.38 bits per heavy atom. The van der Waals surface area contributed by atoms with Crippen molar-refractivity contribution in [1.82, 2.24) is 4.90 Å². The van der Waals surface area contributed by atoms with E-state index in [0.717, 1.165) is 18.9 Å². The van der Waals surface area contributed by atoms with Crippen molar-refractivity contribution in [1.29, 1.82) is 0 Å². The van der Waals surface area contributed by atoms with E-state index in [9.17, 15) is 13.2 Å². The first-order valence-corrected chi connectivity index (χ1v) is 9.53. The quantitative estimate of drug-likeness (QED) is 0.761. The highest BCUT2D eigenvalue weighted by Crippen LogP contribution is 2.33. The van der Waals surface area contributed by atoms with Gasteiger partial charge in [-0.05, 0) is 24.5 Å². The van der Waals surface area contributed by atoms with Gasteiger partial charge >= 0.3 is 0 Å². The Kier molecular flexibility index (Phi) is 5.08. The first-order valence-electron chi connectivity index (χ1n) is 6.47. The first kappa shape index (κ1) is 16.9. The lowest BCUT2D eigenvalue weighted by Crippen LogP contribution is -2.29. The summed E-state index contributed by atoms with van der Waals surface area (Å²) in [5, 5.41) is -0.0763. The third kappa shape index (κ3) is 3.65. The molecule has 1 atom stereocenters. The lowest BCUT2D eigenvalue weighted by molar-refractivity contribution is 0.0787. The summed E-state index contributed by atoms with van der Waals surface area (Å²) in [5.41, 5.74) is 0.0696. The van der Waals surface area contributed by atoms with Crippen LogP contribution in [0.15, 0.2) is 17.0 Å². The van der Waals surface area contributed by atoms with Gasteiger partial charge < -0.3 is 4.90 Å². The number of carbonyl (C=O) groups excluding carboxylic acids is 1. The number of nitrogens with zero attached hydrogens (tertiary/aromatic N) is 1. The summed E-state index contributed by atoms with van der Waals surface area (Å²) in [6.07, 6.45) is 1.93. The molecule has 8 heteroatoms. The molecule has 1 saturated heterocycles. The van der Waals surface area contributed by atoms with E-state index in [-0.39, 0.29) is 26.4 Å². The highest BCUT2D eigenvalue weighted by molar-refractivity contribution is 8.13. The smallest absolute Gasteiger partial charge is 0.262 e. The predicted octanol–water partition coefficient (Wildman–Crippen LogP) is 3.79. The molecule has 0 aliphatic carbocycles. The fourth-order valence-electron chi connectivity index (χ4n) is 2.42. The van der Waals surface area contributed by atoms with Crippen LogP contribution in [-0.4, -0.2) is 32.3 Å². The molecular weight excluding hydrogens is 357 g/mol. The minimum atomic E-state index is -4.07. The van der Waals surface area contributed by atoms with E-state index < -0.39 is 9.05 Å². The molecule has 116 valence electrons. The van der Waals surface area contributed by atoms with E-state index in [1.165, 1.54) is 6.07 Å². The fraction of sp³-hybridized carbons (Fsp3) is 0.462. The van der Waals surface area contributed by atoms with Gasteiger partial charge in [-0.1, -0.05) is 36.5 Å². The Hall–Kier alpha value is -0.490. The van der Waals surface area contributed by atoms with Gasteiger partial charge in [0.05, 0.1) is 10.6 Å². The molecule has 0 aromatic heterocycles. The van der Waals surface area contributed by atoms with Gasteiger partial charge in [0.2, 0.25) is 0 Å². The van der Waals surface area contributed by atoms with Crippen molar-refractivity contribution in [3.05, 3.63) is 27.7 Å². The van der Waals surface area contributed by atoms with Gasteiger partial charge in [-0.15, -0.1) is 0 Å². The SMILES string of the molecule is CCC1CCN(C(=O)c2cc(Cl)cc(S(=O)(=O)Cl)c2Cl)C1. The van der Waals surface area contributed by atoms with Gasteiger partial charge in [0.25, 0.3) is 15.0 Å². The Morgan fingerprint density at radius 2 is 2.05 bits per heavy atom. The summed E-state index contributed by atoms with van der Waals surface area (Å²) in [5.74, 6) is 0.142. The summed E-state index contributed by atoms with van der Waals surface area (Å²) in [4.78, 5) is 13.8. The summed E-state index contributed by atoms with van der Waals surface area (Å²) in [6.45, 7) is 3.34. The van der Waals surface area contributed by atoms with Crippen molar-refractivity contribution in [2.24, 2.45) is 5.92 Å². The number of likely N-dealkylation sites (tertiary alicyclic amines) is 1. The van der Waals surface area contributed by atoms with E-state index in [4.69, 9.17) is 33.9 Å². The Labute approximate surface area is 138 Å². The lowest BCUT2D eigenvalue weighted by Gasteiger charge is -2.18. The highest BCUT2D eigenvalue weighted by Gasteiger charge is 2.29. The first-order chi connectivity index (χ1) is 9.74. The Morgan fingerprint density at radius 3 is 2.57 bits per heavy atom. The van der Waals surface area contributed by atoms with Gasteiger partial charge in [-0.25, -0.2) is 8.42 Å². The summed E-state index contributed by atoms with van der Waals surface area (Å²) >= 11 is 11.9. The number of hydrogen-bond acceptors (Lipinski definition) is 3. The molecule has 2 rings (SSSR count). The number of halogens is 3. The van der Waals surface area contributed by atoms with Crippen molar-refractivity contribution < 1.29 is 13.2 Å². The van der Waals surface area contributed by atoms with Crippen LogP contribution >= 0.6 is 33.9 Å². The van der Waals surface area contributed by atoms with Gasteiger partial charge in [-0.2, -0.15) is 0 Å². The van der Waals surface area contributed by atoms with Crippen molar-refractivity contribution in [2.45, 2.75) is 24.7 Å². The predicted molar refractivity (Wildman–Crippen MR) is 83.8 cm³/mol. The third-order valence-corrected chi connectivity index (χ3v) is 5.73. The summed E-state index contributed by atoms with van der Waals surface area (Å²) in [6, 6.07) is 2.51. The molecule has 0 bridgehead atoms. The molecular formula is C13H14Cl3NO3S. The number of amides is 1. The Balaban J connectivity index is 2.41. The summed E-state index contributed by atoms with van der Waals surface area (Å²) < 4.78 is 23.0. The van der Waals surface area contributed by atoms with Crippen molar-refractivity contribution in [2.75, 3.05) is 13.1 Å². The van der Waals surface area contributed by atoms with Gasteiger partial charge in [0.1, 0.15) is 4.90 Å². The zero-order chi connectivity index (χ0) is 15.8. The molecule has 4 nitrogen and oxygen atoms in total. The molecule has 1 aromatic carbocycles. The van der Waals surface area contributed by atoms with E-state index in [2.05, 4.69) is 6.92 Å². The van der Waals surface area contributed by atoms with Gasteiger partial charge in [0, 0.05) is 28.8 Å². The van der Waals surface area contributed by atoms with Crippen LogP contribution in [0.25, 0.3) is 0 Å². The van der Waals surface area contributed by atoms with Crippen LogP contribution in [0.5, 0.6) is 0 Å². The minimum absolute atomic E-state index is 0.0696. The summed E-state index contributed by atoms with van der Waals surface area (Å²) in [7, 11) is 1.26. The molecule has 1 amide bonds. The van der Waals surface area contributed by atoms with Gasteiger partial charge in [0.15, 0.2) is 0 Å². The maximum absolute atomic E-state index is 12.5. The zero-order valence-corrected chi connectivity index (χ0v) is 14.4. The molecule has 1 heterocycles. The minimum Gasteiger partial charge on any atom is -0.338 e. The topological polar surface area (TPSA) is 54.5 Å². The molecule has 0 saturated carbocycles. The van der Waals surface area contributed by atoms with Crippen LogP contribution < -0.4 is 0 Å². The maximum atomic E-state index is 12.5. The molecule has 1 aliphatic heterocycles. The molecule has 1 fully saturated rings. The second-order valence-corrected chi connectivity index (χ2v) is 8.37. The average molecular weight is 371 g/mol. The second-order valence-electron chi connectivity index (χ2n) is 5.02. The van der Waals surface area contributed by atoms with Crippen LogP contribution in [0, 0.1) is 5.92 Å². The zero-order valence-electron chi connectivity index (χ0n) is 11.3. The Bertz CT molecular complexity index is 675. The lowest BCUT2D eigenvalue weighted by atomic mass is 10.1. The van der Waals surface area contributed by atoms with Crippen molar-refractivity contribution in [3.8, 4) is 0 Å². The number of rotatable bonds is 3. The molecule has 0 N–H and O–H groups in total. The average Bonchev–Trinajstić information content (AvgIpc) is 2.87. The van der Waals surface area contributed by atoms with E-state index in [1.54, 1.807) is 4.90 Å². The number of carbonyl (C=O) groups is 1. The van der Waals surface area contributed by atoms with E-state index >= 15 is 0 Å². The van der Waals surface area contributed by atoms with Crippen LogP contribution in [0.3, 0.4) is 0 Å². The molecule has 1 aliphatic rings. The number of benzene rings is 1. The number of hydrogen-bond donors (Lipinski definition) is 0. The molecule has 0 radical (unpaired) electrons. The van der Waals surface area contributed by atoms with Crippen LogP contribution in [-0.2, 0) is 9.05 Å². The van der Waals surface area contributed by atoms with Crippen LogP contribution in [0.1, 0.15) is 30.1 Å². The molecule has 1 unspecified atom stereocenters.